The van der Waals surface area contributed by atoms with Crippen LogP contribution in [0.25, 0.3) is 0 Å². The summed E-state index contributed by atoms with van der Waals surface area (Å²) in [6.07, 6.45) is 3.68. The Bertz CT molecular complexity index is 288. The molecule has 0 saturated heterocycles. The zero-order valence-electron chi connectivity index (χ0n) is 11.8. The van der Waals surface area contributed by atoms with E-state index in [9.17, 15) is 9.35 Å². The highest BCUT2D eigenvalue weighted by Gasteiger charge is 2.39. The molecule has 0 aliphatic rings. The number of carboxylic acid groups (broad SMARTS) is 1. The Labute approximate surface area is 113 Å². The normalized spacial score (nSPS) is 16.9. The van der Waals surface area contributed by atoms with Gasteiger partial charge in [-0.15, -0.1) is 11.3 Å². The quantitative estimate of drug-likeness (QED) is 0.527. The first-order valence-corrected chi connectivity index (χ1v) is 7.34. The number of allylic oxidation sites excluding steroid dienone is 1. The molecule has 18 heavy (non-hydrogen) atoms. The minimum atomic E-state index is -1.27. The number of carbonyl (C=O) groups is 1. The molecule has 0 fully saturated rings. The molecule has 0 radical (unpaired) electrons. The van der Waals surface area contributed by atoms with Crippen LogP contribution in [-0.4, -0.2) is 25.9 Å². The number of nitrogens with one attached hydrogen (secondary N) is 1. The maximum atomic E-state index is 12.2. The molecular formula is C13H25NO3S. The number of hydrogen-bond acceptors (Lipinski definition) is 3. The second kappa shape index (κ2) is 7.16. The molecule has 0 aromatic heterocycles. The summed E-state index contributed by atoms with van der Waals surface area (Å²) in [5.41, 5.74) is -0.627. The first-order chi connectivity index (χ1) is 8.17. The molecule has 0 bridgehead atoms. The van der Waals surface area contributed by atoms with Gasteiger partial charge >= 0.3 is 5.97 Å². The highest BCUT2D eigenvalue weighted by molar-refractivity contribution is 7.90. The fourth-order valence-corrected chi connectivity index (χ4v) is 2.59. The Kier molecular flexibility index (Phi) is 6.96. The summed E-state index contributed by atoms with van der Waals surface area (Å²) < 4.78 is 14.8. The SMILES string of the molecule is C=CCCC(CC)(CC(=O)O)N[S@+]([O-])C(C)(C)C. The van der Waals surface area contributed by atoms with Crippen LogP contribution >= 0.6 is 0 Å². The van der Waals surface area contributed by atoms with Crippen molar-refractivity contribution in [2.24, 2.45) is 0 Å². The van der Waals surface area contributed by atoms with Gasteiger partial charge in [0.15, 0.2) is 0 Å². The Balaban J connectivity index is 4.92. The molecule has 4 nitrogen and oxygen atoms in total. The largest absolute Gasteiger partial charge is 0.598 e. The molecule has 0 spiro atoms. The molecule has 0 amide bonds. The molecule has 2 N–H and O–H groups in total. The summed E-state index contributed by atoms with van der Waals surface area (Å²) >= 11 is -1.27. The lowest BCUT2D eigenvalue weighted by Crippen LogP contribution is -2.54. The summed E-state index contributed by atoms with van der Waals surface area (Å²) in [6, 6.07) is 0. The fourth-order valence-electron chi connectivity index (χ4n) is 1.57. The molecular weight excluding hydrogens is 250 g/mol. The van der Waals surface area contributed by atoms with Crippen molar-refractivity contribution in [2.45, 2.75) is 63.7 Å². The molecule has 0 aliphatic carbocycles. The average molecular weight is 275 g/mol. The zero-order chi connectivity index (χ0) is 14.4. The molecule has 0 saturated carbocycles. The first kappa shape index (κ1) is 17.5. The van der Waals surface area contributed by atoms with Gasteiger partial charge in [-0.3, -0.25) is 4.79 Å². The van der Waals surface area contributed by atoms with Crippen LogP contribution in [0.5, 0.6) is 0 Å². The van der Waals surface area contributed by atoms with E-state index in [2.05, 4.69) is 11.3 Å². The molecule has 5 heteroatoms. The lowest BCUT2D eigenvalue weighted by molar-refractivity contribution is -0.138. The first-order valence-electron chi connectivity index (χ1n) is 6.19. The zero-order valence-corrected chi connectivity index (χ0v) is 12.6. The van der Waals surface area contributed by atoms with Crippen LogP contribution in [0.2, 0.25) is 0 Å². The maximum Gasteiger partial charge on any atom is 0.305 e. The van der Waals surface area contributed by atoms with E-state index in [1.54, 1.807) is 6.08 Å². The van der Waals surface area contributed by atoms with Crippen molar-refractivity contribution in [3.05, 3.63) is 12.7 Å². The van der Waals surface area contributed by atoms with Gasteiger partial charge in [0.1, 0.15) is 4.75 Å². The van der Waals surface area contributed by atoms with E-state index < -0.39 is 27.6 Å². The maximum absolute atomic E-state index is 12.2. The van der Waals surface area contributed by atoms with E-state index in [0.717, 1.165) is 0 Å². The van der Waals surface area contributed by atoms with Crippen molar-refractivity contribution >= 4 is 17.3 Å². The van der Waals surface area contributed by atoms with Gasteiger partial charge in [0.05, 0.1) is 12.0 Å². The average Bonchev–Trinajstić information content (AvgIpc) is 2.23. The van der Waals surface area contributed by atoms with E-state index in [4.69, 9.17) is 5.11 Å². The Morgan fingerprint density at radius 3 is 2.39 bits per heavy atom. The van der Waals surface area contributed by atoms with Gasteiger partial charge in [-0.05, 0) is 40.0 Å². The molecule has 0 aromatic rings. The standard InChI is InChI=1S/C13H25NO3S/c1-6-8-9-13(7-2,10-11(15)16)14-18(17)12(3,4)5/h6,14H,1,7-10H2,2-5H3,(H,15,16)/t13?,18-/m1/s1. The van der Waals surface area contributed by atoms with Crippen LogP contribution < -0.4 is 4.72 Å². The molecule has 0 heterocycles. The molecule has 0 aliphatic heterocycles. The lowest BCUT2D eigenvalue weighted by atomic mass is 9.88. The van der Waals surface area contributed by atoms with Crippen molar-refractivity contribution < 1.29 is 14.5 Å². The van der Waals surface area contributed by atoms with Gasteiger partial charge < -0.3 is 9.66 Å². The van der Waals surface area contributed by atoms with Crippen LogP contribution in [0, 0.1) is 0 Å². The Morgan fingerprint density at radius 1 is 1.50 bits per heavy atom. The van der Waals surface area contributed by atoms with Gasteiger partial charge in [-0.1, -0.05) is 13.0 Å². The van der Waals surface area contributed by atoms with Gasteiger partial charge in [0.2, 0.25) is 0 Å². The number of rotatable bonds is 8. The monoisotopic (exact) mass is 275 g/mol. The number of aliphatic carboxylic acids is 1. The molecule has 0 aromatic carbocycles. The van der Waals surface area contributed by atoms with Crippen LogP contribution in [0.4, 0.5) is 0 Å². The van der Waals surface area contributed by atoms with Gasteiger partial charge in [-0.2, -0.15) is 0 Å². The summed E-state index contributed by atoms with van der Waals surface area (Å²) in [4.78, 5) is 11.0. The predicted molar refractivity (Wildman–Crippen MR) is 75.7 cm³/mol. The predicted octanol–water partition coefficient (Wildman–Crippen LogP) is 2.63. The van der Waals surface area contributed by atoms with E-state index in [-0.39, 0.29) is 6.42 Å². The van der Waals surface area contributed by atoms with E-state index in [1.807, 2.05) is 27.7 Å². The van der Waals surface area contributed by atoms with Gasteiger partial charge in [0.25, 0.3) is 0 Å². The minimum Gasteiger partial charge on any atom is -0.598 e. The molecule has 106 valence electrons. The summed E-state index contributed by atoms with van der Waals surface area (Å²) in [7, 11) is 0. The van der Waals surface area contributed by atoms with Crippen molar-refractivity contribution in [3.63, 3.8) is 0 Å². The van der Waals surface area contributed by atoms with Crippen molar-refractivity contribution in [1.82, 2.24) is 4.72 Å². The third-order valence-corrected chi connectivity index (χ3v) is 4.59. The summed E-state index contributed by atoms with van der Waals surface area (Å²) in [5.74, 6) is -0.876. The van der Waals surface area contributed by atoms with Crippen LogP contribution in [-0.2, 0) is 16.2 Å². The summed E-state index contributed by atoms with van der Waals surface area (Å²) in [5, 5.41) is 9.03. The lowest BCUT2D eigenvalue weighted by Gasteiger charge is -2.36. The van der Waals surface area contributed by atoms with Crippen LogP contribution in [0.3, 0.4) is 0 Å². The van der Waals surface area contributed by atoms with E-state index >= 15 is 0 Å². The van der Waals surface area contributed by atoms with E-state index in [1.165, 1.54) is 0 Å². The number of hydrogen-bond donors (Lipinski definition) is 2. The van der Waals surface area contributed by atoms with Crippen LogP contribution in [0.1, 0.15) is 53.4 Å². The van der Waals surface area contributed by atoms with Gasteiger partial charge in [0, 0.05) is 11.4 Å². The van der Waals surface area contributed by atoms with Gasteiger partial charge in [-0.25, -0.2) is 0 Å². The minimum absolute atomic E-state index is 0.0286. The third kappa shape index (κ3) is 5.89. The Hall–Kier alpha value is -0.520. The van der Waals surface area contributed by atoms with E-state index in [0.29, 0.717) is 19.3 Å². The second-order valence-electron chi connectivity index (χ2n) is 5.51. The van der Waals surface area contributed by atoms with Crippen molar-refractivity contribution in [3.8, 4) is 0 Å². The smallest absolute Gasteiger partial charge is 0.305 e. The van der Waals surface area contributed by atoms with Crippen molar-refractivity contribution in [1.29, 1.82) is 0 Å². The molecule has 1 unspecified atom stereocenters. The Morgan fingerprint density at radius 2 is 2.06 bits per heavy atom. The number of carboxylic acids is 1. The topological polar surface area (TPSA) is 72.4 Å². The summed E-state index contributed by atoms with van der Waals surface area (Å²) in [6.45, 7) is 11.2. The van der Waals surface area contributed by atoms with Crippen LogP contribution in [0.15, 0.2) is 12.7 Å². The second-order valence-corrected chi connectivity index (χ2v) is 7.48. The molecule has 2 atom stereocenters. The third-order valence-electron chi connectivity index (χ3n) is 2.86. The fraction of sp³-hybridized carbons (Fsp3) is 0.769. The van der Waals surface area contributed by atoms with Crippen molar-refractivity contribution in [2.75, 3.05) is 0 Å². The molecule has 0 rings (SSSR count). The highest BCUT2D eigenvalue weighted by Crippen LogP contribution is 2.26. The highest BCUT2D eigenvalue weighted by atomic mass is 32.2.